The van der Waals surface area contributed by atoms with Gasteiger partial charge in [-0.2, -0.15) is 0 Å². The van der Waals surface area contributed by atoms with E-state index in [9.17, 15) is 4.79 Å². The molecule has 7 aliphatic rings. The Morgan fingerprint density at radius 1 is 0.554 bits per heavy atom. The molecule has 0 aromatic heterocycles. The maximum atomic E-state index is 11.1. The second kappa shape index (κ2) is 30.8. The lowest BCUT2D eigenvalue weighted by Crippen LogP contribution is -2.13. The number of nitrogens with zero attached hydrogens (tertiary/aromatic N) is 5. The molecular weight excluding hydrogens is 799 g/mol. The number of aliphatic imine (C=N–C) groups is 5. The van der Waals surface area contributed by atoms with Crippen LogP contribution < -0.4 is 10.6 Å². The molecule has 8 heteroatoms. The van der Waals surface area contributed by atoms with Gasteiger partial charge in [0.2, 0.25) is 0 Å². The van der Waals surface area contributed by atoms with E-state index < -0.39 is 0 Å². The van der Waals surface area contributed by atoms with E-state index in [1.807, 2.05) is 44.4 Å². The van der Waals surface area contributed by atoms with Gasteiger partial charge >= 0.3 is 0 Å². The highest BCUT2D eigenvalue weighted by Crippen LogP contribution is 2.17. The molecule has 0 fully saturated rings. The SMILES string of the molecule is C=C1C=C(C(C)C)N=CN1.C=C1C=CNC(C(C)C)=C1.CC(C)C1=CCC=CC1=O.CC(C)C1=NCC=C1.CC1=CC(C(C)C)=NC1.CC1=CCN=C1C(C)C.CC1=CCN=C1C(C)C. The van der Waals surface area contributed by atoms with Crippen molar-refractivity contribution in [2.45, 2.75) is 124 Å². The van der Waals surface area contributed by atoms with E-state index in [2.05, 4.69) is 189 Å². The van der Waals surface area contributed by atoms with Crippen LogP contribution in [-0.2, 0) is 4.79 Å². The summed E-state index contributed by atoms with van der Waals surface area (Å²) in [7, 11) is 0. The van der Waals surface area contributed by atoms with E-state index in [1.165, 1.54) is 45.3 Å². The van der Waals surface area contributed by atoms with E-state index in [0.717, 1.165) is 55.1 Å². The second-order valence-electron chi connectivity index (χ2n) is 19.0. The van der Waals surface area contributed by atoms with Crippen LogP contribution in [-0.4, -0.2) is 61.1 Å². The summed E-state index contributed by atoms with van der Waals surface area (Å²) in [6.07, 6.45) is 26.8. The first-order valence-electron chi connectivity index (χ1n) is 23.8. The molecule has 0 aromatic rings. The van der Waals surface area contributed by atoms with Crippen molar-refractivity contribution >= 4 is 35.0 Å². The van der Waals surface area contributed by atoms with Crippen molar-refractivity contribution in [2.24, 2.45) is 66.4 Å². The van der Waals surface area contributed by atoms with E-state index in [0.29, 0.717) is 41.4 Å². The highest BCUT2D eigenvalue weighted by molar-refractivity contribution is 6.05. The molecular formula is C57H87N7O. The van der Waals surface area contributed by atoms with E-state index in [-0.39, 0.29) is 5.78 Å². The molecule has 2 N–H and O–H groups in total. The summed E-state index contributed by atoms with van der Waals surface area (Å²) in [6, 6.07) is 0. The summed E-state index contributed by atoms with van der Waals surface area (Å²) in [4.78, 5) is 32.5. The summed E-state index contributed by atoms with van der Waals surface area (Å²) in [5.41, 5.74) is 14.5. The van der Waals surface area contributed by atoms with Gasteiger partial charge in [-0.05, 0) is 127 Å². The van der Waals surface area contributed by atoms with Crippen LogP contribution in [0.4, 0.5) is 0 Å². The number of hydrogen-bond acceptors (Lipinski definition) is 8. The quantitative estimate of drug-likeness (QED) is 0.266. The monoisotopic (exact) mass is 886 g/mol. The van der Waals surface area contributed by atoms with Gasteiger partial charge in [0.25, 0.3) is 0 Å². The largest absolute Gasteiger partial charge is 0.365 e. The van der Waals surface area contributed by atoms with Crippen molar-refractivity contribution in [1.29, 1.82) is 0 Å². The minimum atomic E-state index is 0.182. The highest BCUT2D eigenvalue weighted by atomic mass is 16.1. The van der Waals surface area contributed by atoms with Gasteiger partial charge in [0.1, 0.15) is 0 Å². The lowest BCUT2D eigenvalue weighted by atomic mass is 9.94. The van der Waals surface area contributed by atoms with Crippen molar-refractivity contribution in [2.75, 3.05) is 26.2 Å². The molecule has 0 radical (unpaired) electrons. The smallest absolute Gasteiger partial charge is 0.181 e. The van der Waals surface area contributed by atoms with Gasteiger partial charge in [-0.3, -0.25) is 24.8 Å². The Labute approximate surface area is 396 Å². The van der Waals surface area contributed by atoms with E-state index >= 15 is 0 Å². The molecule has 0 spiro atoms. The fraction of sp³-hybridized carbons (Fsp3) is 0.509. The summed E-state index contributed by atoms with van der Waals surface area (Å²) < 4.78 is 0. The Balaban J connectivity index is 0.000000380. The third kappa shape index (κ3) is 23.5. The van der Waals surface area contributed by atoms with Crippen molar-refractivity contribution in [3.63, 3.8) is 0 Å². The molecule has 0 amide bonds. The zero-order valence-electron chi connectivity index (χ0n) is 43.6. The van der Waals surface area contributed by atoms with Crippen molar-refractivity contribution in [3.05, 3.63) is 131 Å². The van der Waals surface area contributed by atoms with Gasteiger partial charge in [0, 0.05) is 46.1 Å². The summed E-state index contributed by atoms with van der Waals surface area (Å²) in [5.74, 6) is 4.00. The first-order chi connectivity index (χ1) is 30.5. The molecule has 356 valence electrons. The number of hydrogen-bond donors (Lipinski definition) is 2. The van der Waals surface area contributed by atoms with Gasteiger partial charge in [-0.25, -0.2) is 4.99 Å². The van der Waals surface area contributed by atoms with Crippen LogP contribution in [0.1, 0.15) is 124 Å². The van der Waals surface area contributed by atoms with Gasteiger partial charge in [0.15, 0.2) is 5.78 Å². The predicted molar refractivity (Wildman–Crippen MR) is 289 cm³/mol. The number of allylic oxidation sites excluding steroid dienone is 14. The lowest BCUT2D eigenvalue weighted by molar-refractivity contribution is -0.111. The molecule has 65 heavy (non-hydrogen) atoms. The number of carbonyl (C=O) groups is 1. The third-order valence-corrected chi connectivity index (χ3v) is 10.5. The van der Waals surface area contributed by atoms with Crippen LogP contribution in [0.2, 0.25) is 0 Å². The summed E-state index contributed by atoms with van der Waals surface area (Å²) in [6.45, 7) is 47.7. The maximum Gasteiger partial charge on any atom is 0.181 e. The van der Waals surface area contributed by atoms with Crippen molar-refractivity contribution in [3.8, 4) is 0 Å². The average Bonchev–Trinajstić information content (AvgIpc) is 4.09. The van der Waals surface area contributed by atoms with E-state index in [1.54, 1.807) is 12.4 Å². The van der Waals surface area contributed by atoms with Crippen LogP contribution in [0, 0.1) is 41.4 Å². The Kier molecular flexibility index (Phi) is 27.4. The van der Waals surface area contributed by atoms with Gasteiger partial charge in [-0.1, -0.05) is 146 Å². The summed E-state index contributed by atoms with van der Waals surface area (Å²) in [5, 5.41) is 6.07. The molecule has 0 saturated heterocycles. The first kappa shape index (κ1) is 57.8. The Bertz CT molecular complexity index is 1990. The third-order valence-electron chi connectivity index (χ3n) is 10.5. The highest BCUT2D eigenvalue weighted by Gasteiger charge is 2.13. The van der Waals surface area contributed by atoms with Crippen LogP contribution in [0.15, 0.2) is 156 Å². The van der Waals surface area contributed by atoms with E-state index in [4.69, 9.17) is 0 Å². The second-order valence-corrected chi connectivity index (χ2v) is 19.0. The number of dihydropyridines is 1. The van der Waals surface area contributed by atoms with Crippen LogP contribution in [0.5, 0.6) is 0 Å². The molecule has 0 atom stereocenters. The van der Waals surface area contributed by atoms with Gasteiger partial charge in [-0.15, -0.1) is 0 Å². The predicted octanol–water partition coefficient (Wildman–Crippen LogP) is 13.8. The normalized spacial score (nSPS) is 17.8. The number of carbonyl (C=O) groups excluding carboxylic acids is 1. The topological polar surface area (TPSA) is 103 Å². The molecule has 6 heterocycles. The first-order valence-corrected chi connectivity index (χ1v) is 23.8. The Morgan fingerprint density at radius 3 is 1.42 bits per heavy atom. The number of nitrogens with one attached hydrogen (secondary N) is 2. The molecule has 7 rings (SSSR count). The average molecular weight is 886 g/mol. The molecule has 0 saturated carbocycles. The lowest BCUT2D eigenvalue weighted by Gasteiger charge is -2.14. The molecule has 0 unspecified atom stereocenters. The molecule has 0 bridgehead atoms. The van der Waals surface area contributed by atoms with Crippen LogP contribution in [0.25, 0.3) is 0 Å². The number of rotatable bonds is 7. The minimum absolute atomic E-state index is 0.182. The van der Waals surface area contributed by atoms with Crippen molar-refractivity contribution in [1.82, 2.24) is 10.6 Å². The fourth-order valence-electron chi connectivity index (χ4n) is 6.68. The standard InChI is InChI=1S/C9H13N.C9H12O.C8H12N2.3C8H13N.C7H11N/c1-7(2)9-6-8(3)4-5-10-9;1-7(2)8-5-3-4-6-9(8)10;1-6(2)8-4-7(3)9-5-10-8;1-6(2)8-4-7(3)5-9-8;2*1-6(2)8-7(3)4-5-9-8;1-6(2)7-4-3-5-8-7/h4-7,10H,3H2,1-2H3;4-7H,3H2,1-2H3;4-6H,3H2,1-2H3,(H,9,10);3*4,6H,5H2,1-3H3;3-4,6H,5H2,1-2H3. The number of ketones is 1. The van der Waals surface area contributed by atoms with Gasteiger partial charge in [0.05, 0.1) is 32.5 Å². The van der Waals surface area contributed by atoms with Crippen LogP contribution >= 0.6 is 0 Å². The van der Waals surface area contributed by atoms with Crippen molar-refractivity contribution < 1.29 is 4.79 Å². The molecule has 1 aliphatic carbocycles. The molecule has 0 aromatic carbocycles. The zero-order chi connectivity index (χ0) is 49.2. The molecule has 6 aliphatic heterocycles. The van der Waals surface area contributed by atoms with Crippen LogP contribution in [0.3, 0.4) is 0 Å². The fourth-order valence-corrected chi connectivity index (χ4v) is 6.68. The zero-order valence-corrected chi connectivity index (χ0v) is 43.6. The summed E-state index contributed by atoms with van der Waals surface area (Å²) >= 11 is 0. The van der Waals surface area contributed by atoms with Gasteiger partial charge < -0.3 is 10.6 Å². The Morgan fingerprint density at radius 2 is 1.14 bits per heavy atom. The maximum absolute atomic E-state index is 11.1. The molecule has 8 nitrogen and oxygen atoms in total. The minimum Gasteiger partial charge on any atom is -0.365 e. The Hall–Kier alpha value is -5.24.